The Balaban J connectivity index is 1.57. The summed E-state index contributed by atoms with van der Waals surface area (Å²) >= 11 is 3.36. The highest BCUT2D eigenvalue weighted by Gasteiger charge is 2.24. The molecule has 1 N–H and O–H groups in total. The van der Waals surface area contributed by atoms with Crippen LogP contribution in [0.15, 0.2) is 16.7 Å². The number of methoxy groups -OCH3 is 1. The largest absolute Gasteiger partial charge is 0.480 e. The van der Waals surface area contributed by atoms with Gasteiger partial charge in [0.25, 0.3) is 5.91 Å². The van der Waals surface area contributed by atoms with E-state index in [-0.39, 0.29) is 11.9 Å². The van der Waals surface area contributed by atoms with Crippen molar-refractivity contribution in [2.75, 3.05) is 25.1 Å². The third-order valence-corrected chi connectivity index (χ3v) is 4.90. The van der Waals surface area contributed by atoms with E-state index in [9.17, 15) is 4.79 Å². The lowest BCUT2D eigenvalue weighted by molar-refractivity contribution is 0.0925. The Bertz CT molecular complexity index is 750. The molecule has 3 heterocycles. The fourth-order valence-corrected chi connectivity index (χ4v) is 3.15. The first kappa shape index (κ1) is 17.7. The van der Waals surface area contributed by atoms with Gasteiger partial charge < -0.3 is 15.0 Å². The Kier molecular flexibility index (Phi) is 5.22. The molecule has 1 aliphatic heterocycles. The minimum Gasteiger partial charge on any atom is -0.480 e. The molecule has 134 valence electrons. The standard InChI is InChI=1S/C16H21BrN6O2/c1-10-8-13(21-22(10)2)14(24)19-11-4-6-23(7-5-11)16-18-9-12(17)15(20-16)25-3/h8-9,11H,4-7H2,1-3H3,(H,19,24). The summed E-state index contributed by atoms with van der Waals surface area (Å²) in [6.45, 7) is 3.47. The van der Waals surface area contributed by atoms with Crippen LogP contribution in [0.5, 0.6) is 5.88 Å². The summed E-state index contributed by atoms with van der Waals surface area (Å²) in [4.78, 5) is 23.2. The maximum atomic E-state index is 12.3. The van der Waals surface area contributed by atoms with Crippen molar-refractivity contribution in [1.29, 1.82) is 0 Å². The highest BCUT2D eigenvalue weighted by atomic mass is 79.9. The lowest BCUT2D eigenvalue weighted by Gasteiger charge is -2.32. The van der Waals surface area contributed by atoms with Crippen molar-refractivity contribution in [2.45, 2.75) is 25.8 Å². The molecule has 9 heteroatoms. The summed E-state index contributed by atoms with van der Waals surface area (Å²) in [6.07, 6.45) is 3.36. The van der Waals surface area contributed by atoms with Crippen molar-refractivity contribution in [3.8, 4) is 5.88 Å². The third kappa shape index (κ3) is 3.92. The van der Waals surface area contributed by atoms with Crippen molar-refractivity contribution in [2.24, 2.45) is 7.05 Å². The predicted molar refractivity (Wildman–Crippen MR) is 96.9 cm³/mol. The Hall–Kier alpha value is -2.16. The number of rotatable bonds is 4. The maximum Gasteiger partial charge on any atom is 0.272 e. The summed E-state index contributed by atoms with van der Waals surface area (Å²) in [6, 6.07) is 1.93. The van der Waals surface area contributed by atoms with Crippen LogP contribution in [0.4, 0.5) is 5.95 Å². The topological polar surface area (TPSA) is 85.2 Å². The molecule has 0 unspecified atom stereocenters. The molecule has 25 heavy (non-hydrogen) atoms. The third-order valence-electron chi connectivity index (χ3n) is 4.35. The van der Waals surface area contributed by atoms with E-state index in [1.54, 1.807) is 24.1 Å². The molecule has 8 nitrogen and oxygen atoms in total. The number of piperidine rings is 1. The molecular weight excluding hydrogens is 388 g/mol. The first-order valence-electron chi connectivity index (χ1n) is 8.11. The molecule has 1 saturated heterocycles. The van der Waals surface area contributed by atoms with Crippen LogP contribution in [0.3, 0.4) is 0 Å². The fraction of sp³-hybridized carbons (Fsp3) is 0.500. The molecule has 0 aromatic carbocycles. The number of aryl methyl sites for hydroxylation is 2. The van der Waals surface area contributed by atoms with Gasteiger partial charge in [0.05, 0.1) is 17.8 Å². The van der Waals surface area contributed by atoms with Crippen LogP contribution in [-0.4, -0.2) is 51.9 Å². The van der Waals surface area contributed by atoms with Gasteiger partial charge in [0.15, 0.2) is 0 Å². The molecule has 0 spiro atoms. The number of nitrogens with one attached hydrogen (secondary N) is 1. The maximum absolute atomic E-state index is 12.3. The lowest BCUT2D eigenvalue weighted by Crippen LogP contribution is -2.45. The number of aromatic nitrogens is 4. The number of halogens is 1. The van der Waals surface area contributed by atoms with Gasteiger partial charge in [-0.1, -0.05) is 0 Å². The van der Waals surface area contributed by atoms with Crippen molar-refractivity contribution in [1.82, 2.24) is 25.1 Å². The van der Waals surface area contributed by atoms with Crippen molar-refractivity contribution < 1.29 is 9.53 Å². The zero-order valence-electron chi connectivity index (χ0n) is 14.5. The number of carbonyl (C=O) groups excluding carboxylic acids is 1. The predicted octanol–water partition coefficient (Wildman–Crippen LogP) is 1.69. The summed E-state index contributed by atoms with van der Waals surface area (Å²) in [7, 11) is 3.41. The van der Waals surface area contributed by atoms with Gasteiger partial charge in [-0.15, -0.1) is 0 Å². The Labute approximate surface area is 154 Å². The number of hydrogen-bond acceptors (Lipinski definition) is 6. The Morgan fingerprint density at radius 3 is 2.72 bits per heavy atom. The summed E-state index contributed by atoms with van der Waals surface area (Å²) in [5.41, 5.74) is 1.42. The number of carbonyl (C=O) groups is 1. The second kappa shape index (κ2) is 7.38. The average molecular weight is 409 g/mol. The number of amides is 1. The minimum absolute atomic E-state index is 0.122. The molecule has 1 aliphatic rings. The van der Waals surface area contributed by atoms with Gasteiger partial charge in [-0.05, 0) is 41.8 Å². The van der Waals surface area contributed by atoms with Crippen LogP contribution in [0.2, 0.25) is 0 Å². The summed E-state index contributed by atoms with van der Waals surface area (Å²) in [5, 5.41) is 7.29. The van der Waals surface area contributed by atoms with Gasteiger partial charge in [-0.3, -0.25) is 9.48 Å². The van der Waals surface area contributed by atoms with Crippen LogP contribution in [0.1, 0.15) is 29.0 Å². The molecule has 0 aliphatic carbocycles. The average Bonchev–Trinajstić information content (AvgIpc) is 2.95. The zero-order valence-corrected chi connectivity index (χ0v) is 16.1. The van der Waals surface area contributed by atoms with Crippen LogP contribution in [0.25, 0.3) is 0 Å². The molecule has 2 aromatic heterocycles. The SMILES string of the molecule is COc1nc(N2CCC(NC(=O)c3cc(C)n(C)n3)CC2)ncc1Br. The smallest absolute Gasteiger partial charge is 0.272 e. The molecule has 1 amide bonds. The number of ether oxygens (including phenoxy) is 1. The van der Waals surface area contributed by atoms with Gasteiger partial charge in [-0.25, -0.2) is 4.98 Å². The van der Waals surface area contributed by atoms with Gasteiger partial charge in [0.1, 0.15) is 5.69 Å². The first-order chi connectivity index (χ1) is 12.0. The van der Waals surface area contributed by atoms with E-state index in [0.717, 1.165) is 36.1 Å². The van der Waals surface area contributed by atoms with Gasteiger partial charge in [-0.2, -0.15) is 10.1 Å². The summed E-state index contributed by atoms with van der Waals surface area (Å²) < 4.78 is 7.65. The number of anilines is 1. The molecule has 2 aromatic rings. The minimum atomic E-state index is -0.122. The molecular formula is C16H21BrN6O2. The monoisotopic (exact) mass is 408 g/mol. The van der Waals surface area contributed by atoms with Crippen molar-refractivity contribution >= 4 is 27.8 Å². The van der Waals surface area contributed by atoms with Crippen LogP contribution in [0, 0.1) is 6.92 Å². The van der Waals surface area contributed by atoms with Crippen molar-refractivity contribution in [3.63, 3.8) is 0 Å². The van der Waals surface area contributed by atoms with Gasteiger partial charge in [0, 0.05) is 31.9 Å². The molecule has 1 fully saturated rings. The molecule has 3 rings (SSSR count). The van der Waals surface area contributed by atoms with Crippen LogP contribution >= 0.6 is 15.9 Å². The van der Waals surface area contributed by atoms with Crippen LogP contribution in [-0.2, 0) is 7.05 Å². The molecule has 0 saturated carbocycles. The lowest BCUT2D eigenvalue weighted by atomic mass is 10.1. The van der Waals surface area contributed by atoms with Crippen LogP contribution < -0.4 is 15.0 Å². The second-order valence-electron chi connectivity index (χ2n) is 6.06. The Morgan fingerprint density at radius 1 is 1.40 bits per heavy atom. The number of hydrogen-bond donors (Lipinski definition) is 1. The number of nitrogens with zero attached hydrogens (tertiary/aromatic N) is 5. The van der Waals surface area contributed by atoms with E-state index in [2.05, 4.69) is 41.2 Å². The Morgan fingerprint density at radius 2 is 2.12 bits per heavy atom. The first-order valence-corrected chi connectivity index (χ1v) is 8.90. The highest BCUT2D eigenvalue weighted by molar-refractivity contribution is 9.10. The van der Waals surface area contributed by atoms with Gasteiger partial charge in [0.2, 0.25) is 11.8 Å². The zero-order chi connectivity index (χ0) is 18.0. The van der Waals surface area contributed by atoms with E-state index in [0.29, 0.717) is 17.5 Å². The van der Waals surface area contributed by atoms with E-state index >= 15 is 0 Å². The summed E-state index contributed by atoms with van der Waals surface area (Å²) in [5.74, 6) is 1.04. The normalized spacial score (nSPS) is 15.3. The van der Waals surface area contributed by atoms with E-state index in [4.69, 9.17) is 4.74 Å². The van der Waals surface area contributed by atoms with E-state index < -0.39 is 0 Å². The molecule has 0 bridgehead atoms. The second-order valence-corrected chi connectivity index (χ2v) is 6.91. The van der Waals surface area contributed by atoms with Crippen molar-refractivity contribution in [3.05, 3.63) is 28.1 Å². The molecule has 0 radical (unpaired) electrons. The quantitative estimate of drug-likeness (QED) is 0.828. The fourth-order valence-electron chi connectivity index (χ4n) is 2.79. The molecule has 0 atom stereocenters. The van der Waals surface area contributed by atoms with Gasteiger partial charge >= 0.3 is 0 Å². The van der Waals surface area contributed by atoms with E-state index in [1.165, 1.54) is 0 Å². The van der Waals surface area contributed by atoms with E-state index in [1.807, 2.05) is 14.0 Å². The highest BCUT2D eigenvalue weighted by Crippen LogP contribution is 2.25.